The summed E-state index contributed by atoms with van der Waals surface area (Å²) in [5.74, 6) is -3.40. The summed E-state index contributed by atoms with van der Waals surface area (Å²) < 4.78 is 28.2. The first-order chi connectivity index (χ1) is 20.7. The van der Waals surface area contributed by atoms with Crippen molar-refractivity contribution in [1.82, 2.24) is 0 Å². The third-order valence-electron chi connectivity index (χ3n) is 8.59. The van der Waals surface area contributed by atoms with Crippen molar-refractivity contribution in [3.8, 4) is 0 Å². The number of ether oxygens (including phenoxy) is 5. The lowest BCUT2D eigenvalue weighted by Gasteiger charge is -2.35. The summed E-state index contributed by atoms with van der Waals surface area (Å²) in [4.78, 5) is 52.4. The molecule has 246 valence electrons. The molecule has 43 heavy (non-hydrogen) atoms. The quantitative estimate of drug-likeness (QED) is 0.0493. The van der Waals surface area contributed by atoms with Gasteiger partial charge in [0.15, 0.2) is 12.1 Å². The summed E-state index contributed by atoms with van der Waals surface area (Å²) in [5, 5.41) is 0. The Kier molecular flexibility index (Phi) is 16.5. The molecule has 1 aliphatic carbocycles. The zero-order chi connectivity index (χ0) is 31.7. The van der Waals surface area contributed by atoms with Crippen LogP contribution in [0.25, 0.3) is 0 Å². The molecule has 0 aromatic carbocycles. The Balaban J connectivity index is 2.35. The predicted molar refractivity (Wildman–Crippen MR) is 163 cm³/mol. The molecule has 1 heterocycles. The highest BCUT2D eigenvalue weighted by Gasteiger charge is 2.61. The van der Waals surface area contributed by atoms with Gasteiger partial charge in [0.2, 0.25) is 0 Å². The van der Waals surface area contributed by atoms with Crippen LogP contribution in [-0.2, 0) is 42.9 Å². The molecule has 1 aliphatic heterocycles. The molecular weight excluding hydrogens is 552 g/mol. The first-order valence-corrected chi connectivity index (χ1v) is 16.7. The predicted octanol–water partition coefficient (Wildman–Crippen LogP) is 6.65. The molecule has 2 fully saturated rings. The first-order valence-electron chi connectivity index (χ1n) is 16.7. The second kappa shape index (κ2) is 19.2. The average molecular weight is 609 g/mol. The molecule has 0 amide bonds. The van der Waals surface area contributed by atoms with Gasteiger partial charge in [0, 0.05) is 18.9 Å². The zero-order valence-electron chi connectivity index (χ0n) is 27.3. The van der Waals surface area contributed by atoms with E-state index in [9.17, 15) is 19.2 Å². The first kappa shape index (κ1) is 36.9. The molecule has 9 heteroatoms. The van der Waals surface area contributed by atoms with Gasteiger partial charge in [-0.25, -0.2) is 0 Å². The summed E-state index contributed by atoms with van der Waals surface area (Å²) in [6.45, 7) is 10.7. The summed E-state index contributed by atoms with van der Waals surface area (Å²) in [7, 11) is 0. The van der Waals surface area contributed by atoms with E-state index in [0.717, 1.165) is 57.8 Å². The number of hydrogen-bond donors (Lipinski definition) is 0. The van der Waals surface area contributed by atoms with E-state index in [4.69, 9.17) is 23.7 Å². The normalized spacial score (nSPS) is 25.4. The number of unbranched alkanes of at least 4 members (excludes halogenated alkanes) is 5. The van der Waals surface area contributed by atoms with Crippen molar-refractivity contribution in [2.45, 2.75) is 136 Å². The van der Waals surface area contributed by atoms with E-state index in [0.29, 0.717) is 32.5 Å². The molecule has 2 aliphatic rings. The summed E-state index contributed by atoms with van der Waals surface area (Å²) in [6.07, 6.45) is 13.9. The SMILES string of the molecule is CCCCCC(C)(C=C[C@H]1C[C@H](C(=O)OCC)C(=O)C1(CCCCCCC(=O)OCC)C(=O)OCC)OC1CCCCO1. The summed E-state index contributed by atoms with van der Waals surface area (Å²) in [5.41, 5.74) is -2.15. The second-order valence-corrected chi connectivity index (χ2v) is 12.0. The Morgan fingerprint density at radius 2 is 1.65 bits per heavy atom. The van der Waals surface area contributed by atoms with Crippen molar-refractivity contribution in [3.05, 3.63) is 12.2 Å². The van der Waals surface area contributed by atoms with E-state index in [1.165, 1.54) is 0 Å². The Labute approximate surface area is 258 Å². The van der Waals surface area contributed by atoms with Crippen LogP contribution in [0.4, 0.5) is 0 Å². The largest absolute Gasteiger partial charge is 0.466 e. The summed E-state index contributed by atoms with van der Waals surface area (Å²) in [6, 6.07) is 0. The molecule has 2 rings (SSSR count). The minimum Gasteiger partial charge on any atom is -0.466 e. The van der Waals surface area contributed by atoms with Gasteiger partial charge in [-0.05, 0) is 72.6 Å². The average Bonchev–Trinajstić information content (AvgIpc) is 3.27. The number of allylic oxidation sites excluding steroid dienone is 1. The van der Waals surface area contributed by atoms with Gasteiger partial charge in [0.05, 0.1) is 25.4 Å². The molecule has 0 radical (unpaired) electrons. The maximum atomic E-state index is 14.1. The van der Waals surface area contributed by atoms with Gasteiger partial charge in [-0.3, -0.25) is 19.2 Å². The maximum Gasteiger partial charge on any atom is 0.320 e. The number of carbonyl (C=O) groups excluding carboxylic acids is 4. The minimum atomic E-state index is -1.49. The molecule has 3 unspecified atom stereocenters. The molecule has 0 aromatic heterocycles. The van der Waals surface area contributed by atoms with Crippen LogP contribution < -0.4 is 0 Å². The van der Waals surface area contributed by atoms with Crippen LogP contribution in [0, 0.1) is 17.3 Å². The molecule has 1 saturated carbocycles. The molecule has 0 aromatic rings. The van der Waals surface area contributed by atoms with Crippen molar-refractivity contribution >= 4 is 23.7 Å². The van der Waals surface area contributed by atoms with Crippen molar-refractivity contribution in [2.24, 2.45) is 17.3 Å². The van der Waals surface area contributed by atoms with Gasteiger partial charge < -0.3 is 23.7 Å². The van der Waals surface area contributed by atoms with Crippen molar-refractivity contribution in [2.75, 3.05) is 26.4 Å². The summed E-state index contributed by atoms with van der Waals surface area (Å²) >= 11 is 0. The lowest BCUT2D eigenvalue weighted by molar-refractivity contribution is -0.208. The Morgan fingerprint density at radius 1 is 0.930 bits per heavy atom. The minimum absolute atomic E-state index is 0.130. The molecular formula is C34H56O9. The highest BCUT2D eigenvalue weighted by atomic mass is 16.7. The van der Waals surface area contributed by atoms with Gasteiger partial charge in [0.25, 0.3) is 0 Å². The lowest BCUT2D eigenvalue weighted by Crippen LogP contribution is -2.44. The Morgan fingerprint density at radius 3 is 2.30 bits per heavy atom. The second-order valence-electron chi connectivity index (χ2n) is 12.0. The monoisotopic (exact) mass is 608 g/mol. The van der Waals surface area contributed by atoms with E-state index in [2.05, 4.69) is 6.92 Å². The third kappa shape index (κ3) is 11.0. The van der Waals surface area contributed by atoms with Crippen molar-refractivity contribution in [1.29, 1.82) is 0 Å². The van der Waals surface area contributed by atoms with Gasteiger partial charge in [0.1, 0.15) is 11.3 Å². The molecule has 0 N–H and O–H groups in total. The highest BCUT2D eigenvalue weighted by molar-refractivity contribution is 6.14. The molecule has 0 bridgehead atoms. The fraction of sp³-hybridized carbons (Fsp3) is 0.824. The van der Waals surface area contributed by atoms with Crippen LogP contribution in [0.15, 0.2) is 12.2 Å². The van der Waals surface area contributed by atoms with Gasteiger partial charge in [-0.2, -0.15) is 0 Å². The van der Waals surface area contributed by atoms with Gasteiger partial charge in [-0.1, -0.05) is 57.6 Å². The van der Waals surface area contributed by atoms with E-state index < -0.39 is 40.6 Å². The number of ketones is 1. The van der Waals surface area contributed by atoms with E-state index in [1.54, 1.807) is 20.8 Å². The number of esters is 3. The number of Topliss-reactive ketones (excluding diaryl/α,β-unsaturated/α-hetero) is 1. The maximum absolute atomic E-state index is 14.1. The van der Waals surface area contributed by atoms with Crippen LogP contribution >= 0.6 is 0 Å². The van der Waals surface area contributed by atoms with Crippen LogP contribution in [0.3, 0.4) is 0 Å². The molecule has 9 nitrogen and oxygen atoms in total. The topological polar surface area (TPSA) is 114 Å². The standard InChI is InChI=1S/C34H56O9/c1-6-10-15-21-33(5,43-29-19-14-17-24-42-29)23-20-26-25-27(31(37)40-8-3)30(36)34(26,32(38)41-9-4)22-16-12-11-13-18-28(35)39-7-2/h20,23,26-27,29H,6-19,21-22,24-25H2,1-5H3/t26-,27-,29?,33?,34?/m0/s1. The zero-order valence-corrected chi connectivity index (χ0v) is 27.3. The van der Waals surface area contributed by atoms with Crippen LogP contribution in [0.1, 0.15) is 125 Å². The molecule has 5 atom stereocenters. The molecule has 0 spiro atoms. The Hall–Kier alpha value is -2.26. The van der Waals surface area contributed by atoms with Gasteiger partial charge in [-0.15, -0.1) is 0 Å². The number of carbonyl (C=O) groups is 4. The van der Waals surface area contributed by atoms with E-state index in [1.807, 2.05) is 19.1 Å². The smallest absolute Gasteiger partial charge is 0.320 e. The van der Waals surface area contributed by atoms with E-state index in [-0.39, 0.29) is 38.3 Å². The van der Waals surface area contributed by atoms with Crippen LogP contribution in [-0.4, -0.2) is 62.0 Å². The van der Waals surface area contributed by atoms with Gasteiger partial charge >= 0.3 is 17.9 Å². The van der Waals surface area contributed by atoms with Crippen LogP contribution in [0.2, 0.25) is 0 Å². The Bertz CT molecular complexity index is 910. The van der Waals surface area contributed by atoms with Crippen molar-refractivity contribution < 1.29 is 42.9 Å². The number of hydrogen-bond acceptors (Lipinski definition) is 9. The third-order valence-corrected chi connectivity index (χ3v) is 8.59. The highest BCUT2D eigenvalue weighted by Crippen LogP contribution is 2.50. The fourth-order valence-corrected chi connectivity index (χ4v) is 6.26. The van der Waals surface area contributed by atoms with Crippen molar-refractivity contribution in [3.63, 3.8) is 0 Å². The fourth-order valence-electron chi connectivity index (χ4n) is 6.26. The van der Waals surface area contributed by atoms with Crippen LogP contribution in [0.5, 0.6) is 0 Å². The lowest BCUT2D eigenvalue weighted by atomic mass is 9.72. The number of rotatable bonds is 20. The molecule has 1 saturated heterocycles. The van der Waals surface area contributed by atoms with E-state index >= 15 is 0 Å².